The maximum atomic E-state index is 12.3. The van der Waals surface area contributed by atoms with Gasteiger partial charge in [0.1, 0.15) is 0 Å². The van der Waals surface area contributed by atoms with Crippen LogP contribution >= 0.6 is 0 Å². The minimum absolute atomic E-state index is 0.245. The minimum atomic E-state index is 0.245. The van der Waals surface area contributed by atoms with Crippen molar-refractivity contribution in [3.8, 4) is 0 Å². The largest absolute Gasteiger partial charge is 0.322 e. The van der Waals surface area contributed by atoms with E-state index in [0.29, 0.717) is 12.1 Å². The molecule has 0 aliphatic carbocycles. The monoisotopic (exact) mass is 225 g/mol. The highest BCUT2D eigenvalue weighted by Crippen LogP contribution is 2.18. The Morgan fingerprint density at radius 2 is 2.12 bits per heavy atom. The zero-order chi connectivity index (χ0) is 11.5. The second kappa shape index (κ2) is 5.04. The van der Waals surface area contributed by atoms with Crippen LogP contribution in [0.5, 0.6) is 0 Å². The third-order valence-electron chi connectivity index (χ3n) is 3.62. The van der Waals surface area contributed by atoms with Crippen molar-refractivity contribution in [3.63, 3.8) is 0 Å². The molecule has 16 heavy (non-hydrogen) atoms. The molecule has 92 valence electrons. The molecule has 0 aromatic heterocycles. The van der Waals surface area contributed by atoms with Gasteiger partial charge in [-0.05, 0) is 39.7 Å². The van der Waals surface area contributed by atoms with E-state index in [1.807, 2.05) is 4.90 Å². The Morgan fingerprint density at radius 3 is 2.75 bits per heavy atom. The fourth-order valence-electron chi connectivity index (χ4n) is 2.68. The van der Waals surface area contributed by atoms with E-state index in [1.165, 1.54) is 6.42 Å². The molecule has 2 rings (SSSR count). The van der Waals surface area contributed by atoms with Crippen molar-refractivity contribution in [2.45, 2.75) is 45.2 Å². The molecule has 1 N–H and O–H groups in total. The van der Waals surface area contributed by atoms with Crippen molar-refractivity contribution < 1.29 is 4.79 Å². The summed E-state index contributed by atoms with van der Waals surface area (Å²) in [5.74, 6) is 0. The number of urea groups is 1. The van der Waals surface area contributed by atoms with Gasteiger partial charge in [-0.25, -0.2) is 4.79 Å². The third-order valence-corrected chi connectivity index (χ3v) is 3.62. The molecular weight excluding hydrogens is 202 g/mol. The molecule has 2 aliphatic rings. The zero-order valence-electron chi connectivity index (χ0n) is 10.4. The highest BCUT2D eigenvalue weighted by molar-refractivity contribution is 5.75. The zero-order valence-corrected chi connectivity index (χ0v) is 10.4. The van der Waals surface area contributed by atoms with Crippen molar-refractivity contribution in [2.24, 2.45) is 0 Å². The lowest BCUT2D eigenvalue weighted by Gasteiger charge is -2.43. The molecule has 1 unspecified atom stereocenters. The molecule has 4 heteroatoms. The molecule has 0 aromatic rings. The van der Waals surface area contributed by atoms with Crippen molar-refractivity contribution >= 4 is 6.03 Å². The number of nitrogens with one attached hydrogen (secondary N) is 1. The Hall–Kier alpha value is -0.770. The van der Waals surface area contributed by atoms with Gasteiger partial charge in [-0.15, -0.1) is 0 Å². The summed E-state index contributed by atoms with van der Waals surface area (Å²) in [6, 6.07) is 0.990. The molecule has 2 amide bonds. The van der Waals surface area contributed by atoms with Crippen LogP contribution in [0.1, 0.15) is 33.1 Å². The Kier molecular flexibility index (Phi) is 3.69. The fraction of sp³-hybridized carbons (Fsp3) is 0.917. The second-order valence-electron chi connectivity index (χ2n) is 5.12. The lowest BCUT2D eigenvalue weighted by Crippen LogP contribution is -2.58. The predicted molar refractivity (Wildman–Crippen MR) is 64.5 cm³/mol. The van der Waals surface area contributed by atoms with Crippen molar-refractivity contribution in [1.29, 1.82) is 0 Å². The van der Waals surface area contributed by atoms with Gasteiger partial charge in [0.2, 0.25) is 0 Å². The van der Waals surface area contributed by atoms with Gasteiger partial charge in [0.05, 0.1) is 0 Å². The van der Waals surface area contributed by atoms with Gasteiger partial charge < -0.3 is 15.1 Å². The number of nitrogens with zero attached hydrogens (tertiary/aromatic N) is 2. The van der Waals surface area contributed by atoms with Crippen molar-refractivity contribution in [1.82, 2.24) is 15.1 Å². The maximum absolute atomic E-state index is 12.3. The smallest absolute Gasteiger partial charge is 0.320 e. The van der Waals surface area contributed by atoms with Crippen LogP contribution in [0, 0.1) is 0 Å². The molecule has 4 nitrogen and oxygen atoms in total. The van der Waals surface area contributed by atoms with Crippen LogP contribution < -0.4 is 5.32 Å². The lowest BCUT2D eigenvalue weighted by molar-refractivity contribution is 0.0882. The van der Waals surface area contributed by atoms with Gasteiger partial charge in [-0.1, -0.05) is 0 Å². The molecular formula is C12H23N3O. The van der Waals surface area contributed by atoms with Crippen LogP contribution in [0.25, 0.3) is 0 Å². The minimum Gasteiger partial charge on any atom is -0.322 e. The number of hydrogen-bond donors (Lipinski definition) is 1. The molecule has 0 saturated carbocycles. The first-order valence-corrected chi connectivity index (χ1v) is 6.48. The first-order valence-electron chi connectivity index (χ1n) is 6.48. The van der Waals surface area contributed by atoms with Gasteiger partial charge in [0.15, 0.2) is 0 Å². The predicted octanol–water partition coefficient (Wildman–Crippen LogP) is 1.27. The number of carbonyl (C=O) groups excluding carboxylic acids is 1. The average molecular weight is 225 g/mol. The van der Waals surface area contributed by atoms with Crippen molar-refractivity contribution in [3.05, 3.63) is 0 Å². The second-order valence-corrected chi connectivity index (χ2v) is 5.12. The average Bonchev–Trinajstić information content (AvgIpc) is 2.30. The summed E-state index contributed by atoms with van der Waals surface area (Å²) in [7, 11) is 0. The van der Waals surface area contributed by atoms with E-state index in [2.05, 4.69) is 24.1 Å². The van der Waals surface area contributed by atoms with Crippen LogP contribution in [0.15, 0.2) is 0 Å². The summed E-state index contributed by atoms with van der Waals surface area (Å²) < 4.78 is 0. The van der Waals surface area contributed by atoms with Crippen LogP contribution in [0.3, 0.4) is 0 Å². The summed E-state index contributed by atoms with van der Waals surface area (Å²) in [6.07, 6.45) is 3.46. The summed E-state index contributed by atoms with van der Waals surface area (Å²) in [5.41, 5.74) is 0. The Balaban J connectivity index is 2.00. The topological polar surface area (TPSA) is 35.6 Å². The number of hydrogen-bond acceptors (Lipinski definition) is 2. The molecule has 2 heterocycles. The molecule has 2 fully saturated rings. The van der Waals surface area contributed by atoms with E-state index >= 15 is 0 Å². The molecule has 1 atom stereocenters. The van der Waals surface area contributed by atoms with Gasteiger partial charge >= 0.3 is 6.03 Å². The first kappa shape index (κ1) is 11.7. The van der Waals surface area contributed by atoms with E-state index in [-0.39, 0.29) is 6.03 Å². The van der Waals surface area contributed by atoms with E-state index in [1.54, 1.807) is 0 Å². The molecule has 0 aromatic carbocycles. The van der Waals surface area contributed by atoms with Gasteiger partial charge in [-0.3, -0.25) is 0 Å². The van der Waals surface area contributed by atoms with Gasteiger partial charge in [0.25, 0.3) is 0 Å². The molecule has 2 aliphatic heterocycles. The standard InChI is InChI=1S/C12H23N3O/c1-10(2)14-7-4-8-15(12(14)16)11-5-3-6-13-9-11/h10-11,13H,3-9H2,1-2H3. The van der Waals surface area contributed by atoms with E-state index in [9.17, 15) is 4.79 Å². The van der Waals surface area contributed by atoms with Crippen LogP contribution in [0.2, 0.25) is 0 Å². The highest BCUT2D eigenvalue weighted by atomic mass is 16.2. The summed E-state index contributed by atoms with van der Waals surface area (Å²) in [5, 5.41) is 3.38. The van der Waals surface area contributed by atoms with Gasteiger partial charge in [0, 0.05) is 31.7 Å². The summed E-state index contributed by atoms with van der Waals surface area (Å²) in [6.45, 7) is 8.13. The third kappa shape index (κ3) is 2.32. The van der Waals surface area contributed by atoms with Crippen LogP contribution in [-0.4, -0.2) is 54.1 Å². The number of rotatable bonds is 2. The van der Waals surface area contributed by atoms with Gasteiger partial charge in [-0.2, -0.15) is 0 Å². The number of amides is 2. The fourth-order valence-corrected chi connectivity index (χ4v) is 2.68. The summed E-state index contributed by atoms with van der Waals surface area (Å²) in [4.78, 5) is 16.4. The van der Waals surface area contributed by atoms with E-state index in [0.717, 1.165) is 39.0 Å². The Morgan fingerprint density at radius 1 is 1.31 bits per heavy atom. The quantitative estimate of drug-likeness (QED) is 0.768. The van der Waals surface area contributed by atoms with Crippen LogP contribution in [0.4, 0.5) is 4.79 Å². The SMILES string of the molecule is CC(C)N1CCCN(C2CCCNC2)C1=O. The van der Waals surface area contributed by atoms with Crippen molar-refractivity contribution in [2.75, 3.05) is 26.2 Å². The molecule has 2 saturated heterocycles. The normalized spacial score (nSPS) is 27.7. The van der Waals surface area contributed by atoms with E-state index in [4.69, 9.17) is 0 Å². The molecule has 0 bridgehead atoms. The number of carbonyl (C=O) groups is 1. The lowest BCUT2D eigenvalue weighted by atomic mass is 10.0. The molecule has 0 spiro atoms. The number of piperidine rings is 1. The maximum Gasteiger partial charge on any atom is 0.320 e. The molecule has 0 radical (unpaired) electrons. The Bertz CT molecular complexity index is 249. The summed E-state index contributed by atoms with van der Waals surface area (Å²) >= 11 is 0. The van der Waals surface area contributed by atoms with Crippen LogP contribution in [-0.2, 0) is 0 Å². The van der Waals surface area contributed by atoms with E-state index < -0.39 is 0 Å². The first-order chi connectivity index (χ1) is 7.70. The Labute approximate surface area is 98.0 Å². The highest BCUT2D eigenvalue weighted by Gasteiger charge is 2.32.